The second-order valence-corrected chi connectivity index (χ2v) is 7.59. The van der Waals surface area contributed by atoms with E-state index in [9.17, 15) is 19.7 Å². The highest BCUT2D eigenvalue weighted by molar-refractivity contribution is 8.18. The third kappa shape index (κ3) is 4.77. The van der Waals surface area contributed by atoms with Crippen molar-refractivity contribution in [1.29, 1.82) is 0 Å². The van der Waals surface area contributed by atoms with Gasteiger partial charge in [0.15, 0.2) is 11.5 Å². The van der Waals surface area contributed by atoms with Gasteiger partial charge in [0.25, 0.3) is 16.8 Å². The summed E-state index contributed by atoms with van der Waals surface area (Å²) in [6.45, 7) is 3.78. The lowest BCUT2D eigenvalue weighted by Crippen LogP contribution is -2.27. The Hall–Kier alpha value is -3.59. The lowest BCUT2D eigenvalue weighted by Gasteiger charge is -2.13. The third-order valence-electron chi connectivity index (χ3n) is 4.60. The van der Waals surface area contributed by atoms with Crippen molar-refractivity contribution in [3.8, 4) is 11.5 Å². The number of rotatable bonds is 8. The Morgan fingerprint density at radius 2 is 1.87 bits per heavy atom. The minimum Gasteiger partial charge on any atom is -0.493 e. The van der Waals surface area contributed by atoms with Gasteiger partial charge < -0.3 is 9.47 Å². The SMILES string of the molecule is C=CCc1cc(/C=C2\SC(=O)N(Cc3ccc([N+](=O)[O-])cc3)C2=O)cc(OC)c1OC. The molecule has 0 radical (unpaired) electrons. The molecule has 1 heterocycles. The van der Waals surface area contributed by atoms with Crippen LogP contribution in [0.25, 0.3) is 6.08 Å². The molecule has 0 atom stereocenters. The maximum Gasteiger partial charge on any atom is 0.293 e. The van der Waals surface area contributed by atoms with E-state index in [1.807, 2.05) is 6.07 Å². The van der Waals surface area contributed by atoms with Gasteiger partial charge in [-0.1, -0.05) is 18.2 Å². The van der Waals surface area contributed by atoms with E-state index in [0.717, 1.165) is 22.2 Å². The number of carbonyl (C=O) groups excluding carboxylic acids is 2. The van der Waals surface area contributed by atoms with Crippen molar-refractivity contribution in [2.24, 2.45) is 0 Å². The first-order valence-corrected chi connectivity index (χ1v) is 10.0. The fraction of sp³-hybridized carbons (Fsp3) is 0.182. The Labute approximate surface area is 183 Å². The smallest absolute Gasteiger partial charge is 0.293 e. The molecule has 160 valence electrons. The monoisotopic (exact) mass is 440 g/mol. The second kappa shape index (κ2) is 9.48. The lowest BCUT2D eigenvalue weighted by atomic mass is 10.0. The molecule has 2 aromatic rings. The third-order valence-corrected chi connectivity index (χ3v) is 5.51. The minimum atomic E-state index is -0.504. The molecule has 0 spiro atoms. The molecule has 9 heteroatoms. The van der Waals surface area contributed by atoms with Crippen LogP contribution in [0.4, 0.5) is 10.5 Å². The topological polar surface area (TPSA) is 99.0 Å². The highest BCUT2D eigenvalue weighted by Gasteiger charge is 2.35. The number of hydrogen-bond donors (Lipinski definition) is 0. The number of allylic oxidation sites excluding steroid dienone is 1. The van der Waals surface area contributed by atoms with E-state index >= 15 is 0 Å². The molecule has 2 aromatic carbocycles. The predicted molar refractivity (Wildman–Crippen MR) is 118 cm³/mol. The number of nitro groups is 1. The number of benzene rings is 2. The van der Waals surface area contributed by atoms with Crippen LogP contribution in [0.2, 0.25) is 0 Å². The summed E-state index contributed by atoms with van der Waals surface area (Å²) >= 11 is 0.845. The van der Waals surface area contributed by atoms with E-state index in [-0.39, 0.29) is 17.1 Å². The molecule has 8 nitrogen and oxygen atoms in total. The maximum atomic E-state index is 12.8. The van der Waals surface area contributed by atoms with E-state index in [1.165, 1.54) is 31.4 Å². The van der Waals surface area contributed by atoms with Gasteiger partial charge in [-0.15, -0.1) is 6.58 Å². The average Bonchev–Trinajstić information content (AvgIpc) is 3.01. The van der Waals surface area contributed by atoms with Crippen LogP contribution in [0.15, 0.2) is 54.0 Å². The molecule has 1 aliphatic rings. The molecule has 1 saturated heterocycles. The molecule has 0 unspecified atom stereocenters. The summed E-state index contributed by atoms with van der Waals surface area (Å²) in [5.74, 6) is 0.678. The van der Waals surface area contributed by atoms with Gasteiger partial charge in [0.05, 0.1) is 30.6 Å². The van der Waals surface area contributed by atoms with Gasteiger partial charge >= 0.3 is 0 Å². The van der Waals surface area contributed by atoms with Gasteiger partial charge in [-0.3, -0.25) is 24.6 Å². The number of ether oxygens (including phenoxy) is 2. The Morgan fingerprint density at radius 1 is 1.16 bits per heavy atom. The zero-order valence-electron chi connectivity index (χ0n) is 17.0. The van der Waals surface area contributed by atoms with E-state index < -0.39 is 16.1 Å². The fourth-order valence-electron chi connectivity index (χ4n) is 3.15. The number of carbonyl (C=O) groups is 2. The molecule has 31 heavy (non-hydrogen) atoms. The van der Waals surface area contributed by atoms with Crippen LogP contribution in [0, 0.1) is 10.1 Å². The van der Waals surface area contributed by atoms with Crippen molar-refractivity contribution in [1.82, 2.24) is 4.90 Å². The normalized spacial score (nSPS) is 14.8. The molecular weight excluding hydrogens is 420 g/mol. The summed E-state index contributed by atoms with van der Waals surface area (Å²) < 4.78 is 10.8. The first kappa shape index (κ1) is 22.1. The van der Waals surface area contributed by atoms with Gasteiger partial charge in [0.2, 0.25) is 0 Å². The number of amides is 2. The summed E-state index contributed by atoms with van der Waals surface area (Å²) in [6.07, 6.45) is 3.91. The molecule has 1 fully saturated rings. The predicted octanol–water partition coefficient (Wildman–Crippen LogP) is 4.58. The number of non-ortho nitro benzene ring substituents is 1. The summed E-state index contributed by atoms with van der Waals surface area (Å²) in [7, 11) is 3.07. The standard InChI is InChI=1S/C22H20N2O6S/c1-4-5-16-10-15(11-18(29-2)20(16)30-3)12-19-21(25)23(22(26)31-19)13-14-6-8-17(9-7-14)24(27)28/h4,6-12H,1,5,13H2,2-3H3/b19-12-. The number of imide groups is 1. The van der Waals surface area contributed by atoms with Crippen LogP contribution >= 0.6 is 11.8 Å². The molecular formula is C22H20N2O6S. The molecule has 3 rings (SSSR count). The summed E-state index contributed by atoms with van der Waals surface area (Å²) in [4.78, 5) is 36.9. The molecule has 0 aliphatic carbocycles. The van der Waals surface area contributed by atoms with Crippen molar-refractivity contribution in [3.63, 3.8) is 0 Å². The second-order valence-electron chi connectivity index (χ2n) is 6.60. The van der Waals surface area contributed by atoms with Crippen LogP contribution in [0.3, 0.4) is 0 Å². The molecule has 0 aromatic heterocycles. The van der Waals surface area contributed by atoms with E-state index in [4.69, 9.17) is 9.47 Å². The van der Waals surface area contributed by atoms with Crippen molar-refractivity contribution in [3.05, 3.63) is 80.8 Å². The molecule has 0 bridgehead atoms. The fourth-order valence-corrected chi connectivity index (χ4v) is 3.99. The van der Waals surface area contributed by atoms with Gasteiger partial charge in [-0.2, -0.15) is 0 Å². The number of hydrogen-bond acceptors (Lipinski definition) is 7. The minimum absolute atomic E-state index is 0.0354. The Morgan fingerprint density at radius 3 is 2.45 bits per heavy atom. The average molecular weight is 440 g/mol. The van der Waals surface area contributed by atoms with Crippen LogP contribution in [0.5, 0.6) is 11.5 Å². The van der Waals surface area contributed by atoms with Crippen molar-refractivity contribution < 1.29 is 24.0 Å². The Kier molecular flexibility index (Phi) is 6.76. The van der Waals surface area contributed by atoms with E-state index in [1.54, 1.807) is 25.3 Å². The lowest BCUT2D eigenvalue weighted by molar-refractivity contribution is -0.384. The highest BCUT2D eigenvalue weighted by Crippen LogP contribution is 2.37. The Balaban J connectivity index is 1.86. The first-order chi connectivity index (χ1) is 14.9. The van der Waals surface area contributed by atoms with Gasteiger partial charge in [-0.25, -0.2) is 0 Å². The zero-order valence-corrected chi connectivity index (χ0v) is 17.8. The highest BCUT2D eigenvalue weighted by atomic mass is 32.2. The van der Waals surface area contributed by atoms with Crippen LogP contribution in [-0.4, -0.2) is 35.2 Å². The summed E-state index contributed by atoms with van der Waals surface area (Å²) in [6, 6.07) is 9.33. The quantitative estimate of drug-likeness (QED) is 0.256. The number of methoxy groups -OCH3 is 2. The number of nitro benzene ring substituents is 1. The van der Waals surface area contributed by atoms with Crippen LogP contribution in [0.1, 0.15) is 16.7 Å². The molecule has 0 N–H and O–H groups in total. The number of thioether (sulfide) groups is 1. The zero-order chi connectivity index (χ0) is 22.5. The first-order valence-electron chi connectivity index (χ1n) is 9.22. The van der Waals surface area contributed by atoms with Gasteiger partial charge in [0, 0.05) is 17.7 Å². The summed E-state index contributed by atoms with van der Waals surface area (Å²) in [5.41, 5.74) is 2.10. The molecule has 0 saturated carbocycles. The van der Waals surface area contributed by atoms with Crippen LogP contribution in [-0.2, 0) is 17.8 Å². The van der Waals surface area contributed by atoms with Crippen molar-refractivity contribution in [2.75, 3.05) is 14.2 Å². The molecule has 2 amide bonds. The summed E-state index contributed by atoms with van der Waals surface area (Å²) in [5, 5.41) is 10.4. The largest absolute Gasteiger partial charge is 0.493 e. The number of nitrogens with zero attached hydrogens (tertiary/aromatic N) is 2. The van der Waals surface area contributed by atoms with E-state index in [0.29, 0.717) is 29.0 Å². The van der Waals surface area contributed by atoms with Crippen LogP contribution < -0.4 is 9.47 Å². The molecule has 1 aliphatic heterocycles. The van der Waals surface area contributed by atoms with Crippen molar-refractivity contribution in [2.45, 2.75) is 13.0 Å². The Bertz CT molecular complexity index is 1080. The van der Waals surface area contributed by atoms with Crippen molar-refractivity contribution >= 4 is 34.7 Å². The van der Waals surface area contributed by atoms with E-state index in [2.05, 4.69) is 6.58 Å². The van der Waals surface area contributed by atoms with Gasteiger partial charge in [-0.05, 0) is 47.5 Å². The van der Waals surface area contributed by atoms with Gasteiger partial charge in [0.1, 0.15) is 0 Å². The maximum absolute atomic E-state index is 12.8.